The maximum absolute atomic E-state index is 12.1. The fourth-order valence-electron chi connectivity index (χ4n) is 2.02. The van der Waals surface area contributed by atoms with Gasteiger partial charge in [-0.3, -0.25) is 14.5 Å². The second-order valence-electron chi connectivity index (χ2n) is 4.24. The van der Waals surface area contributed by atoms with Crippen LogP contribution in [0.25, 0.3) is 0 Å². The SMILES string of the molecule is COc1ccc(NC(=O)C2=CS[C@@H]3CC(=O)N23)cc1. The van der Waals surface area contributed by atoms with Gasteiger partial charge in [-0.25, -0.2) is 0 Å². The Kier molecular flexibility index (Phi) is 2.94. The van der Waals surface area contributed by atoms with Gasteiger partial charge in [0.2, 0.25) is 5.91 Å². The van der Waals surface area contributed by atoms with Gasteiger partial charge in [0, 0.05) is 11.1 Å². The highest BCUT2D eigenvalue weighted by Gasteiger charge is 2.44. The summed E-state index contributed by atoms with van der Waals surface area (Å²) in [6.45, 7) is 0. The van der Waals surface area contributed by atoms with Gasteiger partial charge in [-0.05, 0) is 24.3 Å². The highest BCUT2D eigenvalue weighted by Crippen LogP contribution is 2.40. The molecule has 1 aromatic carbocycles. The van der Waals surface area contributed by atoms with Crippen LogP contribution in [0.2, 0.25) is 0 Å². The number of thioether (sulfide) groups is 1. The molecule has 0 aromatic heterocycles. The minimum Gasteiger partial charge on any atom is -0.497 e. The lowest BCUT2D eigenvalue weighted by Crippen LogP contribution is -2.49. The average molecular weight is 276 g/mol. The quantitative estimate of drug-likeness (QED) is 0.855. The lowest BCUT2D eigenvalue weighted by Gasteiger charge is -2.34. The first-order chi connectivity index (χ1) is 9.19. The lowest BCUT2D eigenvalue weighted by atomic mass is 10.1. The summed E-state index contributed by atoms with van der Waals surface area (Å²) < 4.78 is 5.05. The zero-order valence-electron chi connectivity index (χ0n) is 10.3. The molecule has 1 N–H and O–H groups in total. The molecule has 0 radical (unpaired) electrons. The molecule has 0 saturated carbocycles. The number of rotatable bonds is 3. The van der Waals surface area contributed by atoms with Crippen molar-refractivity contribution in [2.75, 3.05) is 12.4 Å². The van der Waals surface area contributed by atoms with Gasteiger partial charge in [-0.15, -0.1) is 11.8 Å². The fraction of sp³-hybridized carbons (Fsp3) is 0.231. The Morgan fingerprint density at radius 1 is 1.42 bits per heavy atom. The van der Waals surface area contributed by atoms with Crippen LogP contribution in [0.3, 0.4) is 0 Å². The summed E-state index contributed by atoms with van der Waals surface area (Å²) in [5, 5.41) is 4.63. The average Bonchev–Trinajstić information content (AvgIpc) is 2.76. The van der Waals surface area contributed by atoms with E-state index in [1.54, 1.807) is 41.7 Å². The summed E-state index contributed by atoms with van der Waals surface area (Å²) in [7, 11) is 1.59. The molecule has 6 heteroatoms. The molecule has 1 fully saturated rings. The van der Waals surface area contributed by atoms with Crippen molar-refractivity contribution in [3.63, 3.8) is 0 Å². The van der Waals surface area contributed by atoms with Crippen LogP contribution in [0, 0.1) is 0 Å². The van der Waals surface area contributed by atoms with Crippen molar-refractivity contribution >= 4 is 29.3 Å². The highest BCUT2D eigenvalue weighted by molar-refractivity contribution is 8.03. The molecule has 0 unspecified atom stereocenters. The second-order valence-corrected chi connectivity index (χ2v) is 5.30. The van der Waals surface area contributed by atoms with Gasteiger partial charge in [0.05, 0.1) is 18.9 Å². The molecule has 2 aliphatic heterocycles. The molecule has 3 rings (SSSR count). The molecule has 0 bridgehead atoms. The number of methoxy groups -OCH3 is 1. The number of ether oxygens (including phenoxy) is 1. The number of fused-ring (bicyclic) bond motifs is 1. The van der Waals surface area contributed by atoms with Crippen LogP contribution in [-0.2, 0) is 9.59 Å². The Labute approximate surface area is 114 Å². The standard InChI is InChI=1S/C13H12N2O3S/c1-18-9-4-2-8(3-5-9)14-13(17)10-7-19-12-6-11(16)15(10)12/h2-5,7,12H,6H2,1H3,(H,14,17)/t12-/m1/s1. The van der Waals surface area contributed by atoms with E-state index in [1.807, 2.05) is 0 Å². The Bertz CT molecular complexity index is 568. The summed E-state index contributed by atoms with van der Waals surface area (Å²) in [5.41, 5.74) is 1.11. The van der Waals surface area contributed by atoms with E-state index in [1.165, 1.54) is 11.8 Å². The molecule has 2 heterocycles. The topological polar surface area (TPSA) is 58.6 Å². The Balaban J connectivity index is 1.69. The van der Waals surface area contributed by atoms with Crippen molar-refractivity contribution in [2.45, 2.75) is 11.8 Å². The van der Waals surface area contributed by atoms with E-state index < -0.39 is 0 Å². The van der Waals surface area contributed by atoms with Crippen LogP contribution in [0.15, 0.2) is 35.4 Å². The van der Waals surface area contributed by atoms with Crippen molar-refractivity contribution in [3.05, 3.63) is 35.4 Å². The molecular formula is C13H12N2O3S. The summed E-state index contributed by atoms with van der Waals surface area (Å²) >= 11 is 1.51. The Morgan fingerprint density at radius 3 is 2.79 bits per heavy atom. The summed E-state index contributed by atoms with van der Waals surface area (Å²) in [6.07, 6.45) is 0.514. The third-order valence-corrected chi connectivity index (χ3v) is 4.13. The van der Waals surface area contributed by atoms with E-state index in [2.05, 4.69) is 5.32 Å². The third kappa shape index (κ3) is 2.08. The summed E-state index contributed by atoms with van der Waals surface area (Å²) in [6, 6.07) is 7.06. The number of carbonyl (C=O) groups is 2. The van der Waals surface area contributed by atoms with Gasteiger partial charge in [-0.1, -0.05) is 0 Å². The largest absolute Gasteiger partial charge is 0.497 e. The number of anilines is 1. The van der Waals surface area contributed by atoms with Crippen LogP contribution in [0.5, 0.6) is 5.75 Å². The lowest BCUT2D eigenvalue weighted by molar-refractivity contribution is -0.140. The number of benzene rings is 1. The van der Waals surface area contributed by atoms with Gasteiger partial charge in [-0.2, -0.15) is 0 Å². The molecular weight excluding hydrogens is 264 g/mol. The van der Waals surface area contributed by atoms with Crippen molar-refractivity contribution in [3.8, 4) is 5.75 Å². The van der Waals surface area contributed by atoms with Crippen LogP contribution in [0.1, 0.15) is 6.42 Å². The molecule has 2 aliphatic rings. The smallest absolute Gasteiger partial charge is 0.272 e. The van der Waals surface area contributed by atoms with Gasteiger partial charge < -0.3 is 10.1 Å². The van der Waals surface area contributed by atoms with E-state index in [9.17, 15) is 9.59 Å². The zero-order valence-corrected chi connectivity index (χ0v) is 11.1. The molecule has 1 aromatic rings. The molecule has 1 saturated heterocycles. The first-order valence-corrected chi connectivity index (χ1v) is 6.76. The molecule has 5 nitrogen and oxygen atoms in total. The highest BCUT2D eigenvalue weighted by atomic mass is 32.2. The predicted molar refractivity (Wildman–Crippen MR) is 72.5 cm³/mol. The zero-order chi connectivity index (χ0) is 13.4. The van der Waals surface area contributed by atoms with Crippen molar-refractivity contribution < 1.29 is 14.3 Å². The van der Waals surface area contributed by atoms with Crippen molar-refractivity contribution in [2.24, 2.45) is 0 Å². The maximum Gasteiger partial charge on any atom is 0.272 e. The molecule has 0 spiro atoms. The maximum atomic E-state index is 12.1. The number of nitrogens with zero attached hydrogens (tertiary/aromatic N) is 1. The van der Waals surface area contributed by atoms with E-state index in [-0.39, 0.29) is 17.2 Å². The minimum absolute atomic E-state index is 0.00568. The van der Waals surface area contributed by atoms with Crippen LogP contribution in [-0.4, -0.2) is 29.2 Å². The van der Waals surface area contributed by atoms with E-state index in [0.29, 0.717) is 17.8 Å². The van der Waals surface area contributed by atoms with Gasteiger partial charge in [0.1, 0.15) is 11.4 Å². The van der Waals surface area contributed by atoms with Gasteiger partial charge in [0.15, 0.2) is 0 Å². The first-order valence-electron chi connectivity index (χ1n) is 5.82. The molecule has 1 atom stereocenters. The molecule has 19 heavy (non-hydrogen) atoms. The number of hydrogen-bond donors (Lipinski definition) is 1. The van der Waals surface area contributed by atoms with E-state index in [4.69, 9.17) is 4.74 Å². The number of β-lactam (4-membered cyclic amide) rings is 1. The van der Waals surface area contributed by atoms with E-state index in [0.717, 1.165) is 5.75 Å². The Morgan fingerprint density at radius 2 is 2.16 bits per heavy atom. The monoisotopic (exact) mass is 276 g/mol. The van der Waals surface area contributed by atoms with Crippen molar-refractivity contribution in [1.82, 2.24) is 4.90 Å². The number of hydrogen-bond acceptors (Lipinski definition) is 4. The normalized spacial score (nSPS) is 20.5. The summed E-state index contributed by atoms with van der Waals surface area (Å²) in [5.74, 6) is 0.478. The fourth-order valence-corrected chi connectivity index (χ4v) is 3.12. The van der Waals surface area contributed by atoms with Gasteiger partial charge >= 0.3 is 0 Å². The first kappa shape index (κ1) is 12.1. The Hall–Kier alpha value is -1.95. The molecule has 2 amide bonds. The third-order valence-electron chi connectivity index (χ3n) is 3.08. The van der Waals surface area contributed by atoms with Crippen LogP contribution >= 0.6 is 11.8 Å². The van der Waals surface area contributed by atoms with Crippen LogP contribution < -0.4 is 10.1 Å². The molecule has 0 aliphatic carbocycles. The number of carbonyl (C=O) groups excluding carboxylic acids is 2. The van der Waals surface area contributed by atoms with Crippen LogP contribution in [0.4, 0.5) is 5.69 Å². The molecule has 98 valence electrons. The number of nitrogens with one attached hydrogen (secondary N) is 1. The summed E-state index contributed by atoms with van der Waals surface area (Å²) in [4.78, 5) is 25.1. The second kappa shape index (κ2) is 4.62. The van der Waals surface area contributed by atoms with E-state index >= 15 is 0 Å². The predicted octanol–water partition coefficient (Wildman–Crippen LogP) is 1.78. The minimum atomic E-state index is -0.256. The van der Waals surface area contributed by atoms with Gasteiger partial charge in [0.25, 0.3) is 5.91 Å². The van der Waals surface area contributed by atoms with Crippen molar-refractivity contribution in [1.29, 1.82) is 0 Å². The number of amides is 2.